The van der Waals surface area contributed by atoms with Crippen molar-refractivity contribution in [3.8, 4) is 0 Å². The minimum Gasteiger partial charge on any atom is -0.269 e. The minimum atomic E-state index is -0.174. The summed E-state index contributed by atoms with van der Waals surface area (Å²) in [6.45, 7) is 4.38. The Bertz CT molecular complexity index is 583. The lowest BCUT2D eigenvalue weighted by atomic mass is 9.93. The van der Waals surface area contributed by atoms with Gasteiger partial charge in [0, 0.05) is 12.2 Å². The number of rotatable bonds is 3. The van der Waals surface area contributed by atoms with E-state index in [0.717, 1.165) is 19.3 Å². The summed E-state index contributed by atoms with van der Waals surface area (Å²) in [7, 11) is 0. The predicted octanol–water partition coefficient (Wildman–Crippen LogP) is 2.80. The van der Waals surface area contributed by atoms with Gasteiger partial charge in [-0.1, -0.05) is 32.0 Å². The van der Waals surface area contributed by atoms with E-state index in [-0.39, 0.29) is 17.9 Å². The molecule has 2 amide bonds. The fourth-order valence-corrected chi connectivity index (χ4v) is 3.34. The van der Waals surface area contributed by atoms with Crippen LogP contribution >= 0.6 is 0 Å². The Labute approximate surface area is 119 Å². The van der Waals surface area contributed by atoms with Crippen LogP contribution in [0.4, 0.5) is 0 Å². The normalized spacial score (nSPS) is 21.1. The highest BCUT2D eigenvalue weighted by molar-refractivity contribution is 6.13. The summed E-state index contributed by atoms with van der Waals surface area (Å²) in [5.74, 6) is 0.213. The lowest BCUT2D eigenvalue weighted by Gasteiger charge is -2.25. The largest absolute Gasteiger partial charge is 0.269 e. The molecule has 2 aliphatic rings. The molecule has 0 N–H and O–H groups in total. The van der Waals surface area contributed by atoms with Gasteiger partial charge in [0.1, 0.15) is 0 Å². The molecule has 1 aliphatic carbocycles. The second-order valence-electron chi connectivity index (χ2n) is 6.02. The summed E-state index contributed by atoms with van der Waals surface area (Å²) in [6, 6.07) is 6.27. The van der Waals surface area contributed by atoms with E-state index in [2.05, 4.69) is 32.0 Å². The summed E-state index contributed by atoms with van der Waals surface area (Å²) in [4.78, 5) is 25.3. The molecule has 3 nitrogen and oxygen atoms in total. The molecule has 0 spiro atoms. The van der Waals surface area contributed by atoms with Gasteiger partial charge < -0.3 is 0 Å². The van der Waals surface area contributed by atoms with Crippen LogP contribution in [-0.2, 0) is 22.4 Å². The van der Waals surface area contributed by atoms with Crippen molar-refractivity contribution < 1.29 is 9.59 Å². The van der Waals surface area contributed by atoms with Gasteiger partial charge in [-0.2, -0.15) is 0 Å². The quantitative estimate of drug-likeness (QED) is 0.791. The molecule has 20 heavy (non-hydrogen) atoms. The maximum atomic E-state index is 11.9. The van der Waals surface area contributed by atoms with Gasteiger partial charge in [-0.3, -0.25) is 14.5 Å². The Hall–Kier alpha value is -1.90. The molecule has 0 saturated heterocycles. The van der Waals surface area contributed by atoms with E-state index in [0.29, 0.717) is 5.92 Å². The smallest absolute Gasteiger partial charge is 0.254 e. The van der Waals surface area contributed by atoms with Gasteiger partial charge in [-0.15, -0.1) is 0 Å². The van der Waals surface area contributed by atoms with Crippen molar-refractivity contribution in [3.05, 3.63) is 47.0 Å². The molecule has 0 bridgehead atoms. The van der Waals surface area contributed by atoms with Crippen LogP contribution in [-0.4, -0.2) is 16.7 Å². The minimum absolute atomic E-state index is 0.0741. The molecule has 0 fully saturated rings. The topological polar surface area (TPSA) is 37.4 Å². The van der Waals surface area contributed by atoms with Crippen molar-refractivity contribution >= 4 is 11.8 Å². The van der Waals surface area contributed by atoms with Crippen LogP contribution in [0.3, 0.4) is 0 Å². The molecule has 1 heterocycles. The highest BCUT2D eigenvalue weighted by Crippen LogP contribution is 2.39. The highest BCUT2D eigenvalue weighted by Gasteiger charge is 2.37. The molecule has 1 atom stereocenters. The second kappa shape index (κ2) is 4.89. The van der Waals surface area contributed by atoms with Crippen molar-refractivity contribution in [3.63, 3.8) is 0 Å². The van der Waals surface area contributed by atoms with Gasteiger partial charge >= 0.3 is 0 Å². The second-order valence-corrected chi connectivity index (χ2v) is 6.02. The number of amides is 2. The van der Waals surface area contributed by atoms with E-state index < -0.39 is 0 Å². The monoisotopic (exact) mass is 269 g/mol. The number of hydrogen-bond donors (Lipinski definition) is 0. The molecule has 0 unspecified atom stereocenters. The maximum Gasteiger partial charge on any atom is 0.254 e. The Kier molecular flexibility index (Phi) is 3.20. The molecule has 104 valence electrons. The molecule has 3 rings (SSSR count). The number of benzene rings is 1. The van der Waals surface area contributed by atoms with E-state index >= 15 is 0 Å². The van der Waals surface area contributed by atoms with Crippen molar-refractivity contribution in [1.29, 1.82) is 0 Å². The van der Waals surface area contributed by atoms with Crippen LogP contribution in [0.15, 0.2) is 30.4 Å². The molecule has 1 aromatic carbocycles. The molecule has 3 heteroatoms. The number of carbonyl (C=O) groups is 2. The first-order chi connectivity index (χ1) is 9.58. The predicted molar refractivity (Wildman–Crippen MR) is 77.0 cm³/mol. The lowest BCUT2D eigenvalue weighted by Crippen LogP contribution is -2.33. The van der Waals surface area contributed by atoms with Crippen LogP contribution in [0.2, 0.25) is 0 Å². The Morgan fingerprint density at radius 1 is 1.20 bits per heavy atom. The van der Waals surface area contributed by atoms with Crippen molar-refractivity contribution in [2.75, 3.05) is 0 Å². The van der Waals surface area contributed by atoms with E-state index in [1.165, 1.54) is 33.7 Å². The van der Waals surface area contributed by atoms with Crippen molar-refractivity contribution in [2.24, 2.45) is 5.92 Å². The van der Waals surface area contributed by atoms with Gasteiger partial charge in [0.05, 0.1) is 6.04 Å². The van der Waals surface area contributed by atoms with Gasteiger partial charge in [0.2, 0.25) is 0 Å². The van der Waals surface area contributed by atoms with Gasteiger partial charge in [-0.25, -0.2) is 0 Å². The third-order valence-corrected chi connectivity index (χ3v) is 4.09. The number of imide groups is 1. The number of carbonyl (C=O) groups excluding carboxylic acids is 2. The van der Waals surface area contributed by atoms with Crippen molar-refractivity contribution in [1.82, 2.24) is 4.90 Å². The third-order valence-electron chi connectivity index (χ3n) is 4.09. The highest BCUT2D eigenvalue weighted by atomic mass is 16.2. The average molecular weight is 269 g/mol. The third kappa shape index (κ3) is 2.07. The Morgan fingerprint density at radius 2 is 1.90 bits per heavy atom. The van der Waals surface area contributed by atoms with Gasteiger partial charge in [0.25, 0.3) is 11.8 Å². The number of nitrogens with zero attached hydrogens (tertiary/aromatic N) is 1. The first-order valence-corrected chi connectivity index (χ1v) is 7.24. The molecular weight excluding hydrogens is 250 g/mol. The number of hydrogen-bond acceptors (Lipinski definition) is 2. The number of aryl methyl sites for hydroxylation is 1. The lowest BCUT2D eigenvalue weighted by molar-refractivity contribution is -0.139. The van der Waals surface area contributed by atoms with E-state index in [1.807, 2.05) is 0 Å². The maximum absolute atomic E-state index is 11.9. The fourth-order valence-electron chi connectivity index (χ4n) is 3.34. The molecule has 1 aromatic rings. The van der Waals surface area contributed by atoms with Gasteiger partial charge in [0.15, 0.2) is 0 Å². The van der Waals surface area contributed by atoms with Gasteiger partial charge in [-0.05, 0) is 41.9 Å². The van der Waals surface area contributed by atoms with Crippen molar-refractivity contribution in [2.45, 2.75) is 39.2 Å². The van der Waals surface area contributed by atoms with E-state index in [4.69, 9.17) is 0 Å². The average Bonchev–Trinajstić information content (AvgIpc) is 2.94. The number of fused-ring (bicyclic) bond motifs is 1. The summed E-state index contributed by atoms with van der Waals surface area (Å²) >= 11 is 0. The zero-order valence-electron chi connectivity index (χ0n) is 11.9. The van der Waals surface area contributed by atoms with Crippen LogP contribution in [0.1, 0.15) is 43.0 Å². The summed E-state index contributed by atoms with van der Waals surface area (Å²) < 4.78 is 0. The molecule has 0 saturated carbocycles. The standard InChI is InChI=1S/C17H19NO2/c1-11(2)10-13-5-3-4-12-6-7-14(17(12)13)18-15(19)8-9-16(18)20/h3-5,8-9,11,14H,6-7,10H2,1-2H3/t14-/m0/s1. The van der Waals surface area contributed by atoms with Crippen LogP contribution < -0.4 is 0 Å². The van der Waals surface area contributed by atoms with E-state index in [1.54, 1.807) is 0 Å². The Morgan fingerprint density at radius 3 is 2.55 bits per heavy atom. The zero-order chi connectivity index (χ0) is 14.3. The van der Waals surface area contributed by atoms with Crippen LogP contribution in [0.5, 0.6) is 0 Å². The summed E-state index contributed by atoms with van der Waals surface area (Å²) in [5, 5.41) is 0. The van der Waals surface area contributed by atoms with Crippen LogP contribution in [0, 0.1) is 5.92 Å². The van der Waals surface area contributed by atoms with E-state index in [9.17, 15) is 9.59 Å². The molecule has 0 radical (unpaired) electrons. The Balaban J connectivity index is 2.00. The first-order valence-electron chi connectivity index (χ1n) is 7.24. The molecule has 0 aromatic heterocycles. The summed E-state index contributed by atoms with van der Waals surface area (Å²) in [6.07, 6.45) is 5.55. The first kappa shape index (κ1) is 13.1. The van der Waals surface area contributed by atoms with Crippen LogP contribution in [0.25, 0.3) is 0 Å². The zero-order valence-corrected chi connectivity index (χ0v) is 11.9. The fraction of sp³-hybridized carbons (Fsp3) is 0.412. The summed E-state index contributed by atoms with van der Waals surface area (Å²) in [5.41, 5.74) is 3.79. The SMILES string of the molecule is CC(C)Cc1cccc2c1[C@@H](N1C(=O)C=CC1=O)CC2. The molecule has 1 aliphatic heterocycles. The molecular formula is C17H19NO2.